The largest absolute Gasteiger partial charge is 0.371 e. The van der Waals surface area contributed by atoms with Gasteiger partial charge in [-0.2, -0.15) is 0 Å². The maximum atomic E-state index is 12.4. The molecule has 1 aliphatic rings. The van der Waals surface area contributed by atoms with Crippen LogP contribution in [0.3, 0.4) is 0 Å². The fourth-order valence-electron chi connectivity index (χ4n) is 3.09. The molecular formula is C19H24N2O2S. The number of rotatable bonds is 6. The number of aryl methyl sites for hydroxylation is 1. The molecule has 2 aromatic carbocycles. The van der Waals surface area contributed by atoms with Crippen LogP contribution >= 0.6 is 0 Å². The van der Waals surface area contributed by atoms with Crippen molar-refractivity contribution in [2.24, 2.45) is 5.92 Å². The van der Waals surface area contributed by atoms with Crippen LogP contribution in [0.5, 0.6) is 0 Å². The van der Waals surface area contributed by atoms with E-state index in [0.717, 1.165) is 31.5 Å². The van der Waals surface area contributed by atoms with E-state index in [0.29, 0.717) is 17.4 Å². The summed E-state index contributed by atoms with van der Waals surface area (Å²) in [5.74, 6) is 0.342. The first-order valence-electron chi connectivity index (χ1n) is 8.47. The fraction of sp³-hybridized carbons (Fsp3) is 0.368. The Morgan fingerprint density at radius 1 is 1.08 bits per heavy atom. The second-order valence-electron chi connectivity index (χ2n) is 6.29. The highest BCUT2D eigenvalue weighted by Gasteiger charge is 2.24. The van der Waals surface area contributed by atoms with Gasteiger partial charge in [-0.3, -0.25) is 0 Å². The zero-order valence-corrected chi connectivity index (χ0v) is 14.8. The molecule has 0 saturated carbocycles. The van der Waals surface area contributed by atoms with Gasteiger partial charge >= 0.3 is 0 Å². The van der Waals surface area contributed by atoms with Gasteiger partial charge in [-0.25, -0.2) is 13.1 Å². The smallest absolute Gasteiger partial charge is 0.240 e. The highest BCUT2D eigenvalue weighted by Crippen LogP contribution is 2.23. The Balaban J connectivity index is 1.57. The lowest BCUT2D eigenvalue weighted by Crippen LogP contribution is -2.31. The predicted molar refractivity (Wildman–Crippen MR) is 97.8 cm³/mol. The summed E-state index contributed by atoms with van der Waals surface area (Å²) < 4.78 is 27.6. The number of anilines is 1. The summed E-state index contributed by atoms with van der Waals surface area (Å²) in [6.45, 7) is 4.41. The molecule has 2 aromatic rings. The van der Waals surface area contributed by atoms with E-state index < -0.39 is 10.0 Å². The van der Waals surface area contributed by atoms with Gasteiger partial charge in [0.1, 0.15) is 0 Å². The van der Waals surface area contributed by atoms with Crippen molar-refractivity contribution in [1.29, 1.82) is 0 Å². The van der Waals surface area contributed by atoms with E-state index in [9.17, 15) is 8.42 Å². The molecule has 0 bridgehead atoms. The van der Waals surface area contributed by atoms with E-state index in [1.165, 1.54) is 5.69 Å². The van der Waals surface area contributed by atoms with Gasteiger partial charge in [0.15, 0.2) is 0 Å². The molecule has 1 N–H and O–H groups in total. The normalized spacial score (nSPS) is 18.0. The molecule has 4 nitrogen and oxygen atoms in total. The molecule has 0 aliphatic carbocycles. The van der Waals surface area contributed by atoms with Gasteiger partial charge in [0.2, 0.25) is 10.0 Å². The first-order valence-corrected chi connectivity index (χ1v) is 9.95. The van der Waals surface area contributed by atoms with Crippen LogP contribution in [-0.2, 0) is 16.4 Å². The number of nitrogens with one attached hydrogen (secondary N) is 1. The molecule has 0 radical (unpaired) electrons. The Kier molecular flexibility index (Phi) is 5.21. The Bertz CT molecular complexity index is 758. The van der Waals surface area contributed by atoms with E-state index in [4.69, 9.17) is 0 Å². The first kappa shape index (κ1) is 17.0. The van der Waals surface area contributed by atoms with Crippen LogP contribution in [0.4, 0.5) is 5.69 Å². The standard InChI is InChI=1S/C19H24N2O2S/c1-2-16-8-10-19(11-9-16)24(22,23)20-14-17-12-13-21(15-17)18-6-4-3-5-7-18/h3-11,17,20H,2,12-15H2,1H3. The molecule has 1 heterocycles. The molecule has 0 amide bonds. The average Bonchev–Trinajstić information content (AvgIpc) is 3.10. The summed E-state index contributed by atoms with van der Waals surface area (Å²) in [6, 6.07) is 17.4. The maximum Gasteiger partial charge on any atom is 0.240 e. The molecular weight excluding hydrogens is 320 g/mol. The lowest BCUT2D eigenvalue weighted by molar-refractivity contribution is 0.541. The van der Waals surface area contributed by atoms with Crippen LogP contribution < -0.4 is 9.62 Å². The summed E-state index contributed by atoms with van der Waals surface area (Å²) in [5.41, 5.74) is 2.35. The minimum atomic E-state index is -3.42. The number of hydrogen-bond donors (Lipinski definition) is 1. The number of para-hydroxylation sites is 1. The molecule has 0 spiro atoms. The molecule has 1 aliphatic heterocycles. The quantitative estimate of drug-likeness (QED) is 0.876. The fourth-order valence-corrected chi connectivity index (χ4v) is 4.20. The van der Waals surface area contributed by atoms with Crippen molar-refractivity contribution in [2.45, 2.75) is 24.7 Å². The molecule has 1 fully saturated rings. The van der Waals surface area contributed by atoms with Crippen LogP contribution in [0, 0.1) is 5.92 Å². The summed E-state index contributed by atoms with van der Waals surface area (Å²) in [5, 5.41) is 0. The van der Waals surface area contributed by atoms with Crippen LogP contribution in [-0.4, -0.2) is 28.1 Å². The average molecular weight is 344 g/mol. The first-order chi connectivity index (χ1) is 11.6. The van der Waals surface area contributed by atoms with Gasteiger partial charge in [-0.1, -0.05) is 37.3 Å². The molecule has 1 atom stereocenters. The summed E-state index contributed by atoms with van der Waals surface area (Å²) in [6.07, 6.45) is 1.91. The second kappa shape index (κ2) is 7.36. The SMILES string of the molecule is CCc1ccc(S(=O)(=O)NCC2CCN(c3ccccc3)C2)cc1. The number of hydrogen-bond acceptors (Lipinski definition) is 3. The minimum Gasteiger partial charge on any atom is -0.371 e. The van der Waals surface area contributed by atoms with E-state index in [-0.39, 0.29) is 0 Å². The van der Waals surface area contributed by atoms with Crippen molar-refractivity contribution >= 4 is 15.7 Å². The van der Waals surface area contributed by atoms with Gasteiger partial charge in [-0.15, -0.1) is 0 Å². The van der Waals surface area contributed by atoms with Crippen molar-refractivity contribution in [3.63, 3.8) is 0 Å². The van der Waals surface area contributed by atoms with E-state index in [1.54, 1.807) is 12.1 Å². The lowest BCUT2D eigenvalue weighted by Gasteiger charge is -2.18. The van der Waals surface area contributed by atoms with Crippen LogP contribution in [0.1, 0.15) is 18.9 Å². The topological polar surface area (TPSA) is 49.4 Å². The third-order valence-electron chi connectivity index (χ3n) is 4.61. The maximum absolute atomic E-state index is 12.4. The minimum absolute atomic E-state index is 0.342. The monoisotopic (exact) mass is 344 g/mol. The molecule has 3 rings (SSSR count). The van der Waals surface area contributed by atoms with E-state index >= 15 is 0 Å². The Morgan fingerprint density at radius 2 is 1.79 bits per heavy atom. The third-order valence-corrected chi connectivity index (χ3v) is 6.05. The van der Waals surface area contributed by atoms with Gasteiger partial charge < -0.3 is 4.90 Å². The molecule has 128 valence electrons. The van der Waals surface area contributed by atoms with Crippen LogP contribution in [0.2, 0.25) is 0 Å². The lowest BCUT2D eigenvalue weighted by atomic mass is 10.1. The second-order valence-corrected chi connectivity index (χ2v) is 8.05. The zero-order valence-electron chi connectivity index (χ0n) is 14.0. The Morgan fingerprint density at radius 3 is 2.46 bits per heavy atom. The zero-order chi connectivity index (χ0) is 17.0. The predicted octanol–water partition coefficient (Wildman–Crippen LogP) is 3.05. The van der Waals surface area contributed by atoms with Crippen molar-refractivity contribution < 1.29 is 8.42 Å². The summed E-state index contributed by atoms with van der Waals surface area (Å²) in [7, 11) is -3.42. The van der Waals surface area contributed by atoms with Crippen molar-refractivity contribution in [3.8, 4) is 0 Å². The van der Waals surface area contributed by atoms with Gasteiger partial charge in [0.05, 0.1) is 4.90 Å². The van der Waals surface area contributed by atoms with Crippen molar-refractivity contribution in [3.05, 3.63) is 60.2 Å². The van der Waals surface area contributed by atoms with Gasteiger partial charge in [0, 0.05) is 25.3 Å². The molecule has 24 heavy (non-hydrogen) atoms. The molecule has 1 saturated heterocycles. The summed E-state index contributed by atoms with van der Waals surface area (Å²) >= 11 is 0. The highest BCUT2D eigenvalue weighted by molar-refractivity contribution is 7.89. The highest BCUT2D eigenvalue weighted by atomic mass is 32.2. The summed E-state index contributed by atoms with van der Waals surface area (Å²) in [4.78, 5) is 2.66. The van der Waals surface area contributed by atoms with Gasteiger partial charge in [-0.05, 0) is 48.6 Å². The Hall–Kier alpha value is -1.85. The third kappa shape index (κ3) is 3.97. The van der Waals surface area contributed by atoms with Crippen LogP contribution in [0.25, 0.3) is 0 Å². The molecule has 0 aromatic heterocycles. The van der Waals surface area contributed by atoms with Gasteiger partial charge in [0.25, 0.3) is 0 Å². The number of sulfonamides is 1. The van der Waals surface area contributed by atoms with Crippen molar-refractivity contribution in [1.82, 2.24) is 4.72 Å². The molecule has 1 unspecified atom stereocenters. The van der Waals surface area contributed by atoms with E-state index in [2.05, 4.69) is 28.7 Å². The number of benzene rings is 2. The van der Waals surface area contributed by atoms with Crippen molar-refractivity contribution in [2.75, 3.05) is 24.5 Å². The van der Waals surface area contributed by atoms with E-state index in [1.807, 2.05) is 30.3 Å². The molecule has 5 heteroatoms. The number of nitrogens with zero attached hydrogens (tertiary/aromatic N) is 1. The Labute approximate surface area is 144 Å². The van der Waals surface area contributed by atoms with Crippen LogP contribution in [0.15, 0.2) is 59.5 Å².